The Labute approximate surface area is 199 Å². The van der Waals surface area contributed by atoms with Crippen molar-refractivity contribution in [1.29, 1.82) is 0 Å². The SMILES string of the molecule is Cc1cc(C(=O)COC(=O)c2cccc(S(=O)(=O)N3CCCCC3)c2)c(C)n1Cc1ccco1. The number of Topliss-reactive ketones (excluding diaryl/α,β-unsaturated/α-hetero) is 1. The Morgan fingerprint density at radius 1 is 1.03 bits per heavy atom. The number of carbonyl (C=O) groups is 2. The summed E-state index contributed by atoms with van der Waals surface area (Å²) in [5.74, 6) is -0.302. The predicted molar refractivity (Wildman–Crippen MR) is 125 cm³/mol. The first-order valence-electron chi connectivity index (χ1n) is 11.3. The summed E-state index contributed by atoms with van der Waals surface area (Å²) < 4.78 is 39.9. The summed E-state index contributed by atoms with van der Waals surface area (Å²) in [5.41, 5.74) is 2.20. The van der Waals surface area contributed by atoms with Gasteiger partial charge >= 0.3 is 5.97 Å². The van der Waals surface area contributed by atoms with E-state index in [1.54, 1.807) is 12.3 Å². The molecular formula is C25H28N2O6S. The van der Waals surface area contributed by atoms with E-state index in [0.717, 1.165) is 36.4 Å². The number of hydrogen-bond acceptors (Lipinski definition) is 6. The number of hydrogen-bond donors (Lipinski definition) is 0. The Balaban J connectivity index is 1.43. The first kappa shape index (κ1) is 24.0. The van der Waals surface area contributed by atoms with E-state index < -0.39 is 22.6 Å². The van der Waals surface area contributed by atoms with Crippen LogP contribution in [0, 0.1) is 13.8 Å². The highest BCUT2D eigenvalue weighted by molar-refractivity contribution is 7.89. The van der Waals surface area contributed by atoms with Gasteiger partial charge in [0.05, 0.1) is 23.3 Å². The zero-order valence-corrected chi connectivity index (χ0v) is 20.1. The number of ketones is 1. The van der Waals surface area contributed by atoms with E-state index in [1.807, 2.05) is 30.5 Å². The van der Waals surface area contributed by atoms with Crippen LogP contribution in [0.5, 0.6) is 0 Å². The summed E-state index contributed by atoms with van der Waals surface area (Å²) in [6.45, 7) is 4.74. The van der Waals surface area contributed by atoms with Crippen molar-refractivity contribution < 1.29 is 27.2 Å². The first-order valence-corrected chi connectivity index (χ1v) is 12.7. The van der Waals surface area contributed by atoms with Crippen molar-refractivity contribution in [1.82, 2.24) is 8.87 Å². The lowest BCUT2D eigenvalue weighted by atomic mass is 10.1. The van der Waals surface area contributed by atoms with E-state index in [1.165, 1.54) is 28.6 Å². The second kappa shape index (κ2) is 9.99. The molecule has 4 rings (SSSR count). The zero-order chi connectivity index (χ0) is 24.3. The minimum atomic E-state index is -3.67. The van der Waals surface area contributed by atoms with E-state index in [0.29, 0.717) is 25.2 Å². The third-order valence-corrected chi connectivity index (χ3v) is 8.02. The Kier molecular flexibility index (Phi) is 7.04. The molecule has 1 aliphatic heterocycles. The van der Waals surface area contributed by atoms with E-state index in [-0.39, 0.29) is 16.2 Å². The third kappa shape index (κ3) is 5.00. The highest BCUT2D eigenvalue weighted by Gasteiger charge is 2.27. The fourth-order valence-corrected chi connectivity index (χ4v) is 5.78. The molecule has 9 heteroatoms. The van der Waals surface area contributed by atoms with Gasteiger partial charge in [-0.05, 0) is 63.1 Å². The second-order valence-electron chi connectivity index (χ2n) is 8.44. The van der Waals surface area contributed by atoms with Crippen LogP contribution in [-0.4, -0.2) is 48.7 Å². The lowest BCUT2D eigenvalue weighted by Crippen LogP contribution is -2.35. The van der Waals surface area contributed by atoms with E-state index in [2.05, 4.69) is 0 Å². The maximum atomic E-state index is 12.9. The van der Waals surface area contributed by atoms with Gasteiger partial charge in [-0.1, -0.05) is 12.5 Å². The molecule has 0 spiro atoms. The molecule has 2 aromatic heterocycles. The summed E-state index contributed by atoms with van der Waals surface area (Å²) >= 11 is 0. The molecule has 0 radical (unpaired) electrons. The average Bonchev–Trinajstić information content (AvgIpc) is 3.47. The van der Waals surface area contributed by atoms with Gasteiger partial charge in [0.1, 0.15) is 5.76 Å². The number of furan rings is 1. The van der Waals surface area contributed by atoms with Gasteiger partial charge in [0.2, 0.25) is 15.8 Å². The average molecular weight is 485 g/mol. The van der Waals surface area contributed by atoms with Gasteiger partial charge < -0.3 is 13.7 Å². The van der Waals surface area contributed by atoms with Crippen molar-refractivity contribution in [2.45, 2.75) is 44.6 Å². The largest absolute Gasteiger partial charge is 0.467 e. The number of rotatable bonds is 8. The van der Waals surface area contributed by atoms with Gasteiger partial charge in [0.25, 0.3) is 0 Å². The van der Waals surface area contributed by atoms with Crippen molar-refractivity contribution in [2.24, 2.45) is 0 Å². The molecule has 180 valence electrons. The van der Waals surface area contributed by atoms with Crippen LogP contribution in [0.15, 0.2) is 58.0 Å². The molecule has 0 aliphatic carbocycles. The van der Waals surface area contributed by atoms with E-state index in [9.17, 15) is 18.0 Å². The lowest BCUT2D eigenvalue weighted by molar-refractivity contribution is 0.0474. The second-order valence-corrected chi connectivity index (χ2v) is 10.4. The standard InChI is InChI=1S/C25H28N2O6S/c1-18-14-23(19(2)27(18)16-21-9-7-13-32-21)24(28)17-33-25(29)20-8-6-10-22(15-20)34(30,31)26-11-4-3-5-12-26/h6-10,13-15H,3-5,11-12,16-17H2,1-2H3. The normalized spacial score (nSPS) is 14.8. The summed E-state index contributed by atoms with van der Waals surface area (Å²) in [4.78, 5) is 25.4. The van der Waals surface area contributed by atoms with E-state index >= 15 is 0 Å². The maximum absolute atomic E-state index is 12.9. The quantitative estimate of drug-likeness (QED) is 0.355. The van der Waals surface area contributed by atoms with Crippen LogP contribution < -0.4 is 0 Å². The Hall–Kier alpha value is -3.17. The molecule has 3 heterocycles. The zero-order valence-electron chi connectivity index (χ0n) is 19.3. The number of carbonyl (C=O) groups excluding carboxylic acids is 2. The van der Waals surface area contributed by atoms with Crippen LogP contribution in [0.2, 0.25) is 0 Å². The molecule has 1 aromatic carbocycles. The lowest BCUT2D eigenvalue weighted by Gasteiger charge is -2.25. The third-order valence-electron chi connectivity index (χ3n) is 6.13. The topological polar surface area (TPSA) is 98.8 Å². The van der Waals surface area contributed by atoms with Gasteiger partial charge in [-0.15, -0.1) is 0 Å². The van der Waals surface area contributed by atoms with Crippen molar-refractivity contribution in [3.8, 4) is 0 Å². The number of nitrogens with zero attached hydrogens (tertiary/aromatic N) is 2. The molecular weight excluding hydrogens is 456 g/mol. The number of aromatic nitrogens is 1. The Bertz CT molecular complexity index is 1280. The van der Waals surface area contributed by atoms with Gasteiger partial charge in [-0.2, -0.15) is 4.31 Å². The van der Waals surface area contributed by atoms with Crippen LogP contribution in [0.3, 0.4) is 0 Å². The van der Waals surface area contributed by atoms with Crippen molar-refractivity contribution >= 4 is 21.8 Å². The van der Waals surface area contributed by atoms with Gasteiger partial charge in [0.15, 0.2) is 6.61 Å². The molecule has 0 bridgehead atoms. The summed E-state index contributed by atoms with van der Waals surface area (Å²) in [6.07, 6.45) is 4.26. The van der Waals surface area contributed by atoms with Crippen LogP contribution in [0.1, 0.15) is 57.1 Å². The molecule has 0 saturated carbocycles. The molecule has 1 saturated heterocycles. The first-order chi connectivity index (χ1) is 16.3. The summed E-state index contributed by atoms with van der Waals surface area (Å²) in [5, 5.41) is 0. The Morgan fingerprint density at radius 3 is 2.50 bits per heavy atom. The fourth-order valence-electron chi connectivity index (χ4n) is 4.22. The van der Waals surface area contributed by atoms with Crippen LogP contribution >= 0.6 is 0 Å². The molecule has 1 fully saturated rings. The summed E-state index contributed by atoms with van der Waals surface area (Å²) in [7, 11) is -3.67. The number of piperidine rings is 1. The maximum Gasteiger partial charge on any atom is 0.338 e. The molecule has 34 heavy (non-hydrogen) atoms. The number of benzene rings is 1. The predicted octanol–water partition coefficient (Wildman–Crippen LogP) is 3.96. The van der Waals surface area contributed by atoms with Gasteiger partial charge in [-0.3, -0.25) is 4.79 Å². The minimum absolute atomic E-state index is 0.0525. The monoisotopic (exact) mass is 484 g/mol. The molecule has 0 amide bonds. The molecule has 8 nitrogen and oxygen atoms in total. The fraction of sp³-hybridized carbons (Fsp3) is 0.360. The van der Waals surface area contributed by atoms with Crippen molar-refractivity contribution in [3.05, 3.63) is 77.0 Å². The van der Waals surface area contributed by atoms with Crippen LogP contribution in [0.25, 0.3) is 0 Å². The van der Waals surface area contributed by atoms with Gasteiger partial charge in [0, 0.05) is 30.0 Å². The number of aryl methyl sites for hydroxylation is 1. The number of sulfonamides is 1. The molecule has 1 aliphatic rings. The van der Waals surface area contributed by atoms with Crippen molar-refractivity contribution in [2.75, 3.05) is 19.7 Å². The molecule has 3 aromatic rings. The highest BCUT2D eigenvalue weighted by Crippen LogP contribution is 2.22. The van der Waals surface area contributed by atoms with E-state index in [4.69, 9.17) is 9.15 Å². The minimum Gasteiger partial charge on any atom is -0.467 e. The highest BCUT2D eigenvalue weighted by atomic mass is 32.2. The number of esters is 1. The molecule has 0 unspecified atom stereocenters. The van der Waals surface area contributed by atoms with Crippen molar-refractivity contribution in [3.63, 3.8) is 0 Å². The molecule has 0 N–H and O–H groups in total. The number of ether oxygens (including phenoxy) is 1. The Morgan fingerprint density at radius 2 is 1.79 bits per heavy atom. The van der Waals surface area contributed by atoms with Gasteiger partial charge in [-0.25, -0.2) is 13.2 Å². The smallest absolute Gasteiger partial charge is 0.338 e. The molecule has 0 atom stereocenters. The van der Waals surface area contributed by atoms with Crippen LogP contribution in [-0.2, 0) is 21.3 Å². The van der Waals surface area contributed by atoms with Crippen LogP contribution in [0.4, 0.5) is 0 Å². The summed E-state index contributed by atoms with van der Waals surface area (Å²) in [6, 6.07) is 11.2.